The number of hydrogen-bond acceptors (Lipinski definition) is 5. The lowest BCUT2D eigenvalue weighted by molar-refractivity contribution is 0.284. The van der Waals surface area contributed by atoms with Gasteiger partial charge < -0.3 is 9.80 Å². The van der Waals surface area contributed by atoms with Crippen LogP contribution in [0.3, 0.4) is 0 Å². The van der Waals surface area contributed by atoms with Crippen LogP contribution in [0.25, 0.3) is 5.70 Å². The second kappa shape index (κ2) is 7.35. The summed E-state index contributed by atoms with van der Waals surface area (Å²) in [6.07, 6.45) is 7.65. The third-order valence-electron chi connectivity index (χ3n) is 5.32. The summed E-state index contributed by atoms with van der Waals surface area (Å²) in [5, 5.41) is 0. The van der Waals surface area contributed by atoms with Gasteiger partial charge >= 0.3 is 0 Å². The van der Waals surface area contributed by atoms with E-state index >= 15 is 0 Å². The fraction of sp³-hybridized carbons (Fsp3) is 0.318. The number of likely N-dealkylation sites (tertiary alicyclic amines) is 1. The Hall–Kier alpha value is -2.95. The Balaban J connectivity index is 1.61. The molecule has 138 valence electrons. The number of aliphatic imine (C=N–C) groups is 1. The molecule has 5 heteroatoms. The molecule has 0 radical (unpaired) electrons. The molecule has 1 aromatic heterocycles. The van der Waals surface area contributed by atoms with Gasteiger partial charge in [0, 0.05) is 37.9 Å². The van der Waals surface area contributed by atoms with Crippen molar-refractivity contribution in [3.05, 3.63) is 78.0 Å². The normalized spacial score (nSPS) is 20.4. The van der Waals surface area contributed by atoms with Crippen LogP contribution < -0.4 is 0 Å². The molecule has 3 heterocycles. The molecule has 0 saturated carbocycles. The number of likely N-dealkylation sites (N-methyl/N-ethyl adjacent to an activating group) is 1. The van der Waals surface area contributed by atoms with Gasteiger partial charge in [0.15, 0.2) is 0 Å². The molecule has 1 saturated heterocycles. The molecule has 0 N–H and O–H groups in total. The molecule has 0 spiro atoms. The fourth-order valence-electron chi connectivity index (χ4n) is 3.81. The van der Waals surface area contributed by atoms with Crippen molar-refractivity contribution >= 4 is 11.7 Å². The smallest absolute Gasteiger partial charge is 0.206 e. The zero-order valence-electron chi connectivity index (χ0n) is 16.0. The highest BCUT2D eigenvalue weighted by atomic mass is 15.4. The van der Waals surface area contributed by atoms with E-state index in [2.05, 4.69) is 57.5 Å². The van der Waals surface area contributed by atoms with Crippen molar-refractivity contribution in [1.82, 2.24) is 19.8 Å². The Morgan fingerprint density at radius 3 is 2.89 bits per heavy atom. The fourth-order valence-corrected chi connectivity index (χ4v) is 3.81. The minimum atomic E-state index is 0.524. The predicted molar refractivity (Wildman–Crippen MR) is 109 cm³/mol. The number of benzene rings is 1. The lowest BCUT2D eigenvalue weighted by atomic mass is 9.90. The van der Waals surface area contributed by atoms with E-state index in [1.807, 2.05) is 19.2 Å². The van der Waals surface area contributed by atoms with E-state index in [0.717, 1.165) is 42.6 Å². The Kier molecular flexibility index (Phi) is 4.75. The molecular weight excluding hydrogens is 334 g/mol. The molecule has 2 aromatic rings. The highest BCUT2D eigenvalue weighted by molar-refractivity contribution is 5.90. The number of guanidine groups is 1. The number of aromatic nitrogens is 2. The molecule has 2 aliphatic heterocycles. The van der Waals surface area contributed by atoms with Gasteiger partial charge in [-0.2, -0.15) is 0 Å². The first-order valence-electron chi connectivity index (χ1n) is 9.43. The first kappa shape index (κ1) is 17.5. The number of rotatable bonds is 2. The summed E-state index contributed by atoms with van der Waals surface area (Å²) in [4.78, 5) is 17.7. The summed E-state index contributed by atoms with van der Waals surface area (Å²) < 4.78 is 0. The second-order valence-electron chi connectivity index (χ2n) is 7.29. The Labute approximate surface area is 160 Å². The molecule has 2 aliphatic rings. The Bertz CT molecular complexity index is 900. The molecule has 27 heavy (non-hydrogen) atoms. The van der Waals surface area contributed by atoms with E-state index in [1.165, 1.54) is 17.5 Å². The summed E-state index contributed by atoms with van der Waals surface area (Å²) in [7, 11) is 2.03. The lowest BCUT2D eigenvalue weighted by Crippen LogP contribution is -2.47. The molecule has 0 unspecified atom stereocenters. The lowest BCUT2D eigenvalue weighted by Gasteiger charge is -2.39. The standard InChI is InChI=1S/C22H25N5/c1-16-6-4-7-18(12-16)19-8-5-11-27(14-19)22-25-21(13-17(2)26(22)3)20-9-10-23-15-24-20/h4,6-7,9-10,12-13,15,19H,2,5,8,11,14H2,1,3H3/t19-/m1/s1. The molecule has 1 aromatic carbocycles. The first-order chi connectivity index (χ1) is 13.1. The summed E-state index contributed by atoms with van der Waals surface area (Å²) >= 11 is 0. The van der Waals surface area contributed by atoms with Gasteiger partial charge in [-0.3, -0.25) is 0 Å². The van der Waals surface area contributed by atoms with Crippen molar-refractivity contribution in [2.24, 2.45) is 4.99 Å². The van der Waals surface area contributed by atoms with Crippen molar-refractivity contribution in [3.8, 4) is 0 Å². The van der Waals surface area contributed by atoms with Crippen molar-refractivity contribution in [2.75, 3.05) is 20.1 Å². The van der Waals surface area contributed by atoms with Crippen LogP contribution in [0.5, 0.6) is 0 Å². The third kappa shape index (κ3) is 3.63. The van der Waals surface area contributed by atoms with Gasteiger partial charge in [0.05, 0.1) is 11.4 Å². The maximum Gasteiger partial charge on any atom is 0.206 e. The van der Waals surface area contributed by atoms with Crippen LogP contribution in [-0.2, 0) is 0 Å². The minimum absolute atomic E-state index is 0.524. The van der Waals surface area contributed by atoms with Crippen molar-refractivity contribution in [1.29, 1.82) is 0 Å². The van der Waals surface area contributed by atoms with Crippen molar-refractivity contribution in [2.45, 2.75) is 25.7 Å². The average molecular weight is 359 g/mol. The van der Waals surface area contributed by atoms with Gasteiger partial charge in [-0.05, 0) is 37.5 Å². The minimum Gasteiger partial charge on any atom is -0.342 e. The Morgan fingerprint density at radius 1 is 1.22 bits per heavy atom. The van der Waals surface area contributed by atoms with Crippen LogP contribution in [0, 0.1) is 6.92 Å². The number of nitrogens with zero attached hydrogens (tertiary/aromatic N) is 5. The van der Waals surface area contributed by atoms with Gasteiger partial charge in [-0.25, -0.2) is 15.0 Å². The zero-order valence-corrected chi connectivity index (χ0v) is 16.0. The summed E-state index contributed by atoms with van der Waals surface area (Å²) in [6.45, 7) is 8.34. The van der Waals surface area contributed by atoms with Gasteiger partial charge in [-0.15, -0.1) is 0 Å². The second-order valence-corrected chi connectivity index (χ2v) is 7.29. The zero-order chi connectivity index (χ0) is 18.8. The SMILES string of the molecule is C=C1C=C(c2ccncn2)N=C(N2CCC[C@@H](c3cccc(C)c3)C2)N1C. The van der Waals surface area contributed by atoms with Gasteiger partial charge in [-0.1, -0.05) is 36.4 Å². The maximum atomic E-state index is 4.93. The predicted octanol–water partition coefficient (Wildman–Crippen LogP) is 3.82. The number of aryl methyl sites for hydroxylation is 1. The van der Waals surface area contributed by atoms with Crippen LogP contribution in [0.15, 0.2) is 66.2 Å². The molecule has 0 amide bonds. The van der Waals surface area contributed by atoms with E-state index in [4.69, 9.17) is 4.99 Å². The molecule has 0 aliphatic carbocycles. The number of piperidine rings is 1. The van der Waals surface area contributed by atoms with Crippen LogP contribution in [0.4, 0.5) is 0 Å². The highest BCUT2D eigenvalue weighted by Crippen LogP contribution is 2.30. The molecular formula is C22H25N5. The summed E-state index contributed by atoms with van der Waals surface area (Å²) in [6, 6.07) is 10.8. The topological polar surface area (TPSA) is 44.6 Å². The van der Waals surface area contributed by atoms with Crippen LogP contribution in [0.2, 0.25) is 0 Å². The first-order valence-corrected chi connectivity index (χ1v) is 9.43. The quantitative estimate of drug-likeness (QED) is 0.818. The average Bonchev–Trinajstić information content (AvgIpc) is 2.71. The van der Waals surface area contributed by atoms with Gasteiger partial charge in [0.25, 0.3) is 0 Å². The summed E-state index contributed by atoms with van der Waals surface area (Å²) in [5.41, 5.74) is 5.33. The highest BCUT2D eigenvalue weighted by Gasteiger charge is 2.28. The van der Waals surface area contributed by atoms with Gasteiger partial charge in [0.1, 0.15) is 6.33 Å². The van der Waals surface area contributed by atoms with Crippen molar-refractivity contribution in [3.63, 3.8) is 0 Å². The molecule has 5 nitrogen and oxygen atoms in total. The van der Waals surface area contributed by atoms with Gasteiger partial charge in [0.2, 0.25) is 5.96 Å². The van der Waals surface area contributed by atoms with Crippen LogP contribution >= 0.6 is 0 Å². The number of hydrogen-bond donors (Lipinski definition) is 0. The maximum absolute atomic E-state index is 4.93. The van der Waals surface area contributed by atoms with E-state index in [-0.39, 0.29) is 0 Å². The molecule has 1 fully saturated rings. The van der Waals surface area contributed by atoms with E-state index in [0.29, 0.717) is 5.92 Å². The monoisotopic (exact) mass is 359 g/mol. The van der Waals surface area contributed by atoms with E-state index in [9.17, 15) is 0 Å². The van der Waals surface area contributed by atoms with Crippen LogP contribution in [0.1, 0.15) is 35.6 Å². The molecule has 1 atom stereocenters. The molecule has 0 bridgehead atoms. The third-order valence-corrected chi connectivity index (χ3v) is 5.32. The number of allylic oxidation sites excluding steroid dienone is 1. The Morgan fingerprint density at radius 2 is 2.11 bits per heavy atom. The van der Waals surface area contributed by atoms with Crippen molar-refractivity contribution < 1.29 is 0 Å². The van der Waals surface area contributed by atoms with E-state index in [1.54, 1.807) is 12.5 Å². The largest absolute Gasteiger partial charge is 0.342 e. The molecule has 4 rings (SSSR count). The summed E-state index contributed by atoms with van der Waals surface area (Å²) in [5.74, 6) is 1.48. The van der Waals surface area contributed by atoms with E-state index < -0.39 is 0 Å². The van der Waals surface area contributed by atoms with Crippen LogP contribution in [-0.4, -0.2) is 45.9 Å².